The normalized spacial score (nSPS) is 18.4. The number of carbonyl (C=O) groups excluding carboxylic acids is 2. The lowest BCUT2D eigenvalue weighted by atomic mass is 9.66. The van der Waals surface area contributed by atoms with Crippen LogP contribution in [0.3, 0.4) is 0 Å². The highest BCUT2D eigenvalue weighted by atomic mass is 16.7. The Labute approximate surface area is 166 Å². The SMILES string of the molecule is CCOC(=O)CC(B1OC(C)(C)C(C)(C)O1)c1ccccc1OCC(=O)OC. The number of esters is 2. The summed E-state index contributed by atoms with van der Waals surface area (Å²) in [4.78, 5) is 23.8. The zero-order valence-corrected chi connectivity index (χ0v) is 17.4. The van der Waals surface area contributed by atoms with Gasteiger partial charge < -0.3 is 23.5 Å². The van der Waals surface area contributed by atoms with Crippen LogP contribution in [0.2, 0.25) is 0 Å². The number of benzene rings is 1. The van der Waals surface area contributed by atoms with E-state index in [-0.39, 0.29) is 25.6 Å². The minimum absolute atomic E-state index is 0.0588. The number of methoxy groups -OCH3 is 1. The molecule has 0 bridgehead atoms. The Morgan fingerprint density at radius 2 is 1.68 bits per heavy atom. The van der Waals surface area contributed by atoms with Crippen molar-refractivity contribution in [3.05, 3.63) is 29.8 Å². The van der Waals surface area contributed by atoms with E-state index in [1.807, 2.05) is 39.8 Å². The van der Waals surface area contributed by atoms with Crippen LogP contribution < -0.4 is 4.74 Å². The Balaban J connectivity index is 2.35. The van der Waals surface area contributed by atoms with Crippen molar-refractivity contribution < 1.29 is 33.1 Å². The number of ether oxygens (including phenoxy) is 3. The highest BCUT2D eigenvalue weighted by Crippen LogP contribution is 2.43. The summed E-state index contributed by atoms with van der Waals surface area (Å²) in [6.07, 6.45) is 0.0588. The molecule has 7 nitrogen and oxygen atoms in total. The van der Waals surface area contributed by atoms with Crippen molar-refractivity contribution in [2.45, 2.75) is 58.1 Å². The van der Waals surface area contributed by atoms with Crippen LogP contribution in [-0.2, 0) is 28.4 Å². The Morgan fingerprint density at radius 1 is 1.07 bits per heavy atom. The van der Waals surface area contributed by atoms with E-state index in [0.29, 0.717) is 11.3 Å². The number of hydrogen-bond acceptors (Lipinski definition) is 7. The molecule has 8 heteroatoms. The van der Waals surface area contributed by atoms with Gasteiger partial charge in [-0.05, 0) is 46.2 Å². The van der Waals surface area contributed by atoms with Gasteiger partial charge in [0, 0.05) is 5.82 Å². The monoisotopic (exact) mass is 392 g/mol. The van der Waals surface area contributed by atoms with Gasteiger partial charge in [-0.15, -0.1) is 0 Å². The second-order valence-electron chi connectivity index (χ2n) is 7.64. The molecular weight excluding hydrogens is 363 g/mol. The first-order valence-corrected chi connectivity index (χ1v) is 9.41. The Bertz CT molecular complexity index is 686. The first-order chi connectivity index (χ1) is 13.1. The van der Waals surface area contributed by atoms with Crippen LogP contribution in [0.5, 0.6) is 5.75 Å². The lowest BCUT2D eigenvalue weighted by Crippen LogP contribution is -2.41. The van der Waals surface area contributed by atoms with Gasteiger partial charge in [-0.1, -0.05) is 18.2 Å². The Hall–Kier alpha value is -2.06. The van der Waals surface area contributed by atoms with Crippen molar-refractivity contribution in [3.63, 3.8) is 0 Å². The van der Waals surface area contributed by atoms with Gasteiger partial charge >= 0.3 is 19.1 Å². The molecule has 1 fully saturated rings. The summed E-state index contributed by atoms with van der Waals surface area (Å²) in [5.74, 6) is -0.844. The molecule has 1 aliphatic heterocycles. The third kappa shape index (κ3) is 5.05. The quantitative estimate of drug-likeness (QED) is 0.497. The fraction of sp³-hybridized carbons (Fsp3) is 0.600. The van der Waals surface area contributed by atoms with Crippen molar-refractivity contribution in [3.8, 4) is 5.75 Å². The van der Waals surface area contributed by atoms with E-state index >= 15 is 0 Å². The average Bonchev–Trinajstić information content (AvgIpc) is 2.85. The standard InChI is InChI=1S/C20H29BO7/c1-7-25-17(22)12-15(21-27-19(2,3)20(4,5)28-21)14-10-8-9-11-16(14)26-13-18(23)24-6/h8-11,15H,7,12-13H2,1-6H3. The fourth-order valence-corrected chi connectivity index (χ4v) is 2.92. The molecule has 1 heterocycles. The van der Waals surface area contributed by atoms with E-state index in [0.717, 1.165) is 0 Å². The molecule has 0 saturated carbocycles. The van der Waals surface area contributed by atoms with E-state index in [2.05, 4.69) is 4.74 Å². The largest absolute Gasteiger partial charge is 0.482 e. The highest BCUT2D eigenvalue weighted by molar-refractivity contribution is 6.48. The molecule has 1 aromatic rings. The van der Waals surface area contributed by atoms with Crippen LogP contribution in [0.15, 0.2) is 24.3 Å². The molecule has 0 aliphatic carbocycles. The maximum atomic E-state index is 12.3. The molecule has 1 unspecified atom stereocenters. The third-order valence-corrected chi connectivity index (χ3v) is 5.18. The summed E-state index contributed by atoms with van der Waals surface area (Å²) in [6, 6.07) is 7.20. The second kappa shape index (κ2) is 8.96. The fourth-order valence-electron chi connectivity index (χ4n) is 2.92. The number of carbonyl (C=O) groups is 2. The van der Waals surface area contributed by atoms with Gasteiger partial charge in [0.15, 0.2) is 6.61 Å². The predicted molar refractivity (Wildman–Crippen MR) is 104 cm³/mol. The first kappa shape index (κ1) is 22.2. The summed E-state index contributed by atoms with van der Waals surface area (Å²) in [5, 5.41) is 0. The van der Waals surface area contributed by atoms with Crippen LogP contribution in [0, 0.1) is 0 Å². The van der Waals surface area contributed by atoms with Crippen molar-refractivity contribution in [2.75, 3.05) is 20.3 Å². The molecule has 0 N–H and O–H groups in total. The summed E-state index contributed by atoms with van der Waals surface area (Å²) < 4.78 is 27.8. The molecule has 0 spiro atoms. The van der Waals surface area contributed by atoms with Gasteiger partial charge in [0.2, 0.25) is 0 Å². The molecule has 1 atom stereocenters. The molecule has 2 rings (SSSR count). The minimum atomic E-state index is -0.669. The molecular formula is C20H29BO7. The van der Waals surface area contributed by atoms with Gasteiger partial charge in [-0.25, -0.2) is 4.79 Å². The van der Waals surface area contributed by atoms with Crippen LogP contribution in [0.25, 0.3) is 0 Å². The number of rotatable bonds is 8. The summed E-state index contributed by atoms with van der Waals surface area (Å²) in [7, 11) is 0.628. The van der Waals surface area contributed by atoms with E-state index in [4.69, 9.17) is 18.8 Å². The smallest absolute Gasteiger partial charge is 0.466 e. The number of hydrogen-bond donors (Lipinski definition) is 0. The third-order valence-electron chi connectivity index (χ3n) is 5.18. The van der Waals surface area contributed by atoms with E-state index < -0.39 is 30.1 Å². The maximum Gasteiger partial charge on any atom is 0.466 e. The predicted octanol–water partition coefficient (Wildman–Crippen LogP) is 2.91. The maximum absolute atomic E-state index is 12.3. The molecule has 0 radical (unpaired) electrons. The van der Waals surface area contributed by atoms with Crippen molar-refractivity contribution in [1.82, 2.24) is 0 Å². The highest BCUT2D eigenvalue weighted by Gasteiger charge is 2.54. The summed E-state index contributed by atoms with van der Waals surface area (Å²) in [5.41, 5.74) is -0.392. The molecule has 28 heavy (non-hydrogen) atoms. The average molecular weight is 392 g/mol. The van der Waals surface area contributed by atoms with Gasteiger partial charge in [0.1, 0.15) is 5.75 Å². The first-order valence-electron chi connectivity index (χ1n) is 9.41. The zero-order chi connectivity index (χ0) is 20.9. The molecule has 154 valence electrons. The number of para-hydroxylation sites is 1. The lowest BCUT2D eigenvalue weighted by molar-refractivity contribution is -0.144. The van der Waals surface area contributed by atoms with Crippen molar-refractivity contribution in [1.29, 1.82) is 0 Å². The van der Waals surface area contributed by atoms with Crippen molar-refractivity contribution in [2.24, 2.45) is 0 Å². The van der Waals surface area contributed by atoms with Crippen LogP contribution >= 0.6 is 0 Å². The van der Waals surface area contributed by atoms with Crippen LogP contribution in [0.1, 0.15) is 52.4 Å². The topological polar surface area (TPSA) is 80.3 Å². The van der Waals surface area contributed by atoms with Crippen LogP contribution in [0.4, 0.5) is 0 Å². The molecule has 0 aromatic heterocycles. The van der Waals surface area contributed by atoms with Gasteiger partial charge in [0.05, 0.1) is 31.3 Å². The Morgan fingerprint density at radius 3 is 2.25 bits per heavy atom. The van der Waals surface area contributed by atoms with Crippen molar-refractivity contribution >= 4 is 19.1 Å². The molecule has 1 saturated heterocycles. The van der Waals surface area contributed by atoms with E-state index in [1.54, 1.807) is 19.1 Å². The minimum Gasteiger partial charge on any atom is -0.482 e. The van der Waals surface area contributed by atoms with Crippen LogP contribution in [-0.4, -0.2) is 50.6 Å². The summed E-state index contributed by atoms with van der Waals surface area (Å²) >= 11 is 0. The molecule has 1 aliphatic rings. The van der Waals surface area contributed by atoms with Gasteiger partial charge in [0.25, 0.3) is 0 Å². The Kier molecular flexibility index (Phi) is 7.12. The zero-order valence-electron chi connectivity index (χ0n) is 17.4. The van der Waals surface area contributed by atoms with Gasteiger partial charge in [-0.3, -0.25) is 4.79 Å². The lowest BCUT2D eigenvalue weighted by Gasteiger charge is -2.32. The summed E-state index contributed by atoms with van der Waals surface area (Å²) in [6.45, 7) is 9.62. The molecule has 0 amide bonds. The van der Waals surface area contributed by atoms with E-state index in [1.165, 1.54) is 7.11 Å². The second-order valence-corrected chi connectivity index (χ2v) is 7.64. The molecule has 1 aromatic carbocycles. The van der Waals surface area contributed by atoms with Gasteiger partial charge in [-0.2, -0.15) is 0 Å². The van der Waals surface area contributed by atoms with E-state index in [9.17, 15) is 9.59 Å².